The Kier molecular flexibility index (Phi) is 10.2. The Hall–Kier alpha value is -0.830. The molecular weight excluding hydrogens is 288 g/mol. The monoisotopic (exact) mass is 322 g/mol. The number of unbranched alkanes of at least 4 members (excludes halogenated alkanes) is 7. The van der Waals surface area contributed by atoms with E-state index in [4.69, 9.17) is 0 Å². The summed E-state index contributed by atoms with van der Waals surface area (Å²) in [6.45, 7) is 1.15. The second-order valence-corrected chi connectivity index (χ2v) is 6.83. The van der Waals surface area contributed by atoms with Crippen molar-refractivity contribution < 1.29 is 0 Å². The van der Waals surface area contributed by atoms with E-state index in [0.717, 1.165) is 12.3 Å². The quantitative estimate of drug-likeness (QED) is 0.415. The van der Waals surface area contributed by atoms with Gasteiger partial charge in [-0.2, -0.15) is 12.6 Å². The van der Waals surface area contributed by atoms with Crippen molar-refractivity contribution in [2.24, 2.45) is 0 Å². The van der Waals surface area contributed by atoms with Crippen LogP contribution in [0, 0.1) is 0 Å². The largest absolute Gasteiger partial charge is 0.378 e. The molecule has 3 heteroatoms. The van der Waals surface area contributed by atoms with Gasteiger partial charge in [-0.05, 0) is 42.9 Å². The van der Waals surface area contributed by atoms with Crippen LogP contribution in [0.2, 0.25) is 0 Å². The minimum atomic E-state index is 1.04. The molecule has 0 N–H and O–H groups in total. The summed E-state index contributed by atoms with van der Waals surface area (Å²) in [7, 11) is 6.36. The molecule has 0 saturated carbocycles. The molecule has 0 heterocycles. The van der Waals surface area contributed by atoms with Gasteiger partial charge in [-0.1, -0.05) is 38.5 Å². The summed E-state index contributed by atoms with van der Waals surface area (Å²) in [6.07, 6.45) is 10.8. The molecule has 0 aliphatic heterocycles. The molecular formula is C19H34N2S. The van der Waals surface area contributed by atoms with Crippen LogP contribution in [0.4, 0.5) is 11.4 Å². The molecule has 0 spiro atoms. The van der Waals surface area contributed by atoms with Gasteiger partial charge in [0.2, 0.25) is 0 Å². The second kappa shape index (κ2) is 11.7. The third-order valence-corrected chi connectivity index (χ3v) is 4.52. The van der Waals surface area contributed by atoms with Crippen LogP contribution in [0.25, 0.3) is 0 Å². The average molecular weight is 323 g/mol. The summed E-state index contributed by atoms with van der Waals surface area (Å²) in [5.74, 6) is 1.04. The zero-order valence-corrected chi connectivity index (χ0v) is 15.6. The van der Waals surface area contributed by atoms with Gasteiger partial charge in [0.25, 0.3) is 0 Å². The summed E-state index contributed by atoms with van der Waals surface area (Å²) in [5.41, 5.74) is 2.58. The number of thiol groups is 1. The van der Waals surface area contributed by atoms with Crippen LogP contribution >= 0.6 is 12.6 Å². The standard InChI is InChI=1S/C19H34N2S/c1-20(2)18-12-14-19(15-13-18)21(3)16-10-8-6-4-5-7-9-11-17-22/h12-15,22H,4-11,16-17H2,1-3H3. The molecule has 0 aliphatic carbocycles. The van der Waals surface area contributed by atoms with Gasteiger partial charge < -0.3 is 9.80 Å². The van der Waals surface area contributed by atoms with E-state index in [-0.39, 0.29) is 0 Å². The Labute approximate surface area is 143 Å². The predicted molar refractivity (Wildman–Crippen MR) is 105 cm³/mol. The number of hydrogen-bond donors (Lipinski definition) is 1. The Morgan fingerprint density at radius 1 is 0.682 bits per heavy atom. The Morgan fingerprint density at radius 3 is 1.64 bits per heavy atom. The van der Waals surface area contributed by atoms with E-state index in [2.05, 4.69) is 67.8 Å². The summed E-state index contributed by atoms with van der Waals surface area (Å²) in [4.78, 5) is 4.51. The molecule has 0 atom stereocenters. The molecule has 0 bridgehead atoms. The van der Waals surface area contributed by atoms with E-state index in [1.165, 1.54) is 62.7 Å². The maximum atomic E-state index is 4.25. The molecule has 0 unspecified atom stereocenters. The smallest absolute Gasteiger partial charge is 0.0365 e. The summed E-state index contributed by atoms with van der Waals surface area (Å²) in [5, 5.41) is 0. The highest BCUT2D eigenvalue weighted by Gasteiger charge is 2.01. The van der Waals surface area contributed by atoms with E-state index in [1.54, 1.807) is 0 Å². The van der Waals surface area contributed by atoms with Gasteiger partial charge in [-0.15, -0.1) is 0 Å². The number of rotatable bonds is 12. The van der Waals surface area contributed by atoms with Crippen LogP contribution in [0.3, 0.4) is 0 Å². The lowest BCUT2D eigenvalue weighted by Crippen LogP contribution is -2.18. The topological polar surface area (TPSA) is 6.48 Å². The summed E-state index contributed by atoms with van der Waals surface area (Å²) >= 11 is 4.25. The van der Waals surface area contributed by atoms with Crippen LogP contribution in [0.1, 0.15) is 51.4 Å². The van der Waals surface area contributed by atoms with Crippen LogP contribution in [-0.2, 0) is 0 Å². The van der Waals surface area contributed by atoms with Gasteiger partial charge in [-0.3, -0.25) is 0 Å². The fraction of sp³-hybridized carbons (Fsp3) is 0.684. The first kappa shape index (κ1) is 19.2. The van der Waals surface area contributed by atoms with Crippen molar-refractivity contribution >= 4 is 24.0 Å². The fourth-order valence-corrected chi connectivity index (χ4v) is 2.88. The normalized spacial score (nSPS) is 10.7. The van der Waals surface area contributed by atoms with Gasteiger partial charge >= 0.3 is 0 Å². The van der Waals surface area contributed by atoms with Crippen molar-refractivity contribution in [1.29, 1.82) is 0 Å². The Morgan fingerprint density at radius 2 is 1.14 bits per heavy atom. The van der Waals surface area contributed by atoms with Crippen molar-refractivity contribution in [2.75, 3.05) is 43.2 Å². The lowest BCUT2D eigenvalue weighted by molar-refractivity contribution is 0.576. The minimum absolute atomic E-state index is 1.04. The number of nitrogens with zero attached hydrogens (tertiary/aromatic N) is 2. The van der Waals surface area contributed by atoms with Gasteiger partial charge in [0.15, 0.2) is 0 Å². The second-order valence-electron chi connectivity index (χ2n) is 6.38. The van der Waals surface area contributed by atoms with Gasteiger partial charge in [0.05, 0.1) is 0 Å². The highest BCUT2D eigenvalue weighted by Crippen LogP contribution is 2.19. The first-order valence-corrected chi connectivity index (χ1v) is 9.38. The van der Waals surface area contributed by atoms with E-state index in [1.807, 2.05) is 0 Å². The van der Waals surface area contributed by atoms with Gasteiger partial charge in [0.1, 0.15) is 0 Å². The zero-order chi connectivity index (χ0) is 16.2. The maximum Gasteiger partial charge on any atom is 0.0365 e. The van der Waals surface area contributed by atoms with E-state index in [0.29, 0.717) is 0 Å². The SMILES string of the molecule is CN(C)c1ccc(N(C)CCCCCCCCCCS)cc1. The molecule has 0 amide bonds. The van der Waals surface area contributed by atoms with Crippen LogP contribution in [-0.4, -0.2) is 33.4 Å². The highest BCUT2D eigenvalue weighted by atomic mass is 32.1. The van der Waals surface area contributed by atoms with Crippen molar-refractivity contribution in [3.05, 3.63) is 24.3 Å². The summed E-state index contributed by atoms with van der Waals surface area (Å²) < 4.78 is 0. The fourth-order valence-electron chi connectivity index (χ4n) is 2.66. The van der Waals surface area contributed by atoms with Gasteiger partial charge in [0, 0.05) is 39.1 Å². The molecule has 0 fully saturated rings. The van der Waals surface area contributed by atoms with Crippen molar-refractivity contribution in [1.82, 2.24) is 0 Å². The Balaban J connectivity index is 2.09. The van der Waals surface area contributed by atoms with Crippen LogP contribution < -0.4 is 9.80 Å². The molecule has 0 saturated heterocycles. The molecule has 0 aliphatic rings. The molecule has 0 aromatic heterocycles. The van der Waals surface area contributed by atoms with E-state index < -0.39 is 0 Å². The molecule has 2 nitrogen and oxygen atoms in total. The van der Waals surface area contributed by atoms with E-state index in [9.17, 15) is 0 Å². The molecule has 126 valence electrons. The maximum absolute atomic E-state index is 4.25. The van der Waals surface area contributed by atoms with E-state index >= 15 is 0 Å². The average Bonchev–Trinajstić information content (AvgIpc) is 2.53. The minimum Gasteiger partial charge on any atom is -0.378 e. The first-order chi connectivity index (χ1) is 10.6. The molecule has 1 aromatic carbocycles. The number of benzene rings is 1. The lowest BCUT2D eigenvalue weighted by Gasteiger charge is -2.20. The third kappa shape index (κ3) is 7.98. The number of hydrogen-bond acceptors (Lipinski definition) is 3. The molecule has 22 heavy (non-hydrogen) atoms. The number of anilines is 2. The van der Waals surface area contributed by atoms with Gasteiger partial charge in [-0.25, -0.2) is 0 Å². The van der Waals surface area contributed by atoms with Crippen LogP contribution in [0.15, 0.2) is 24.3 Å². The van der Waals surface area contributed by atoms with Crippen molar-refractivity contribution in [3.63, 3.8) is 0 Å². The molecule has 1 rings (SSSR count). The zero-order valence-electron chi connectivity index (χ0n) is 14.7. The van der Waals surface area contributed by atoms with Crippen molar-refractivity contribution in [3.8, 4) is 0 Å². The lowest BCUT2D eigenvalue weighted by atomic mass is 10.1. The predicted octanol–water partition coefficient (Wildman–Crippen LogP) is 5.24. The van der Waals surface area contributed by atoms with Crippen molar-refractivity contribution in [2.45, 2.75) is 51.4 Å². The first-order valence-electron chi connectivity index (χ1n) is 8.74. The molecule has 0 radical (unpaired) electrons. The molecule has 1 aromatic rings. The summed E-state index contributed by atoms with van der Waals surface area (Å²) in [6, 6.07) is 8.82. The third-order valence-electron chi connectivity index (χ3n) is 4.21. The van der Waals surface area contributed by atoms with Crippen LogP contribution in [0.5, 0.6) is 0 Å². The highest BCUT2D eigenvalue weighted by molar-refractivity contribution is 7.80. The Bertz CT molecular complexity index is 376.